The summed E-state index contributed by atoms with van der Waals surface area (Å²) >= 11 is 0. The van der Waals surface area contributed by atoms with Crippen LogP contribution in [0.2, 0.25) is 0 Å². The molecule has 37 heavy (non-hydrogen) atoms. The van der Waals surface area contributed by atoms with Crippen molar-refractivity contribution in [1.29, 1.82) is 0 Å². The number of para-hydroxylation sites is 1. The molecule has 3 rings (SSSR count). The van der Waals surface area contributed by atoms with Gasteiger partial charge in [0.1, 0.15) is 11.7 Å². The number of nitrogens with zero attached hydrogens (tertiary/aromatic N) is 2. The van der Waals surface area contributed by atoms with Crippen LogP contribution in [-0.2, 0) is 14.4 Å². The molecule has 0 bridgehead atoms. The van der Waals surface area contributed by atoms with Crippen LogP contribution in [0.3, 0.4) is 0 Å². The Bertz CT molecular complexity index is 1040. The fraction of sp³-hybridized carbons (Fsp3) is 0.538. The summed E-state index contributed by atoms with van der Waals surface area (Å²) in [4.78, 5) is 45.7. The molecule has 0 aliphatic carbocycles. The number of rotatable bonds is 13. The van der Waals surface area contributed by atoms with E-state index >= 15 is 0 Å². The lowest BCUT2D eigenvalue weighted by Gasteiger charge is -2.30. The summed E-state index contributed by atoms with van der Waals surface area (Å²) in [7, 11) is 0. The molecule has 1 aromatic heterocycles. The SMILES string of the molecule is NCCN(CCN)C(=O)CC[C@H](N)C(=O)NC(CN1CCCCC1)C(=O)Nc1c[nH+]c2ccccc2c1. The molecule has 1 aliphatic heterocycles. The van der Waals surface area contributed by atoms with Crippen LogP contribution in [-0.4, -0.2) is 85.4 Å². The van der Waals surface area contributed by atoms with Crippen LogP contribution in [0.15, 0.2) is 36.5 Å². The monoisotopic (exact) mass is 513 g/mol. The fourth-order valence-electron chi connectivity index (χ4n) is 4.53. The lowest BCUT2D eigenvalue weighted by molar-refractivity contribution is -0.343. The number of H-pyrrole nitrogens is 1. The number of hydrogen-bond donors (Lipinski definition) is 5. The number of aromatic nitrogens is 1. The average Bonchev–Trinajstić information content (AvgIpc) is 2.91. The number of piperidine rings is 1. The Hall–Kier alpha value is -3.12. The van der Waals surface area contributed by atoms with Gasteiger partial charge in [-0.25, -0.2) is 4.98 Å². The van der Waals surface area contributed by atoms with Crippen LogP contribution in [0.4, 0.5) is 5.69 Å². The van der Waals surface area contributed by atoms with Crippen molar-refractivity contribution in [2.24, 2.45) is 17.2 Å². The van der Waals surface area contributed by atoms with Gasteiger partial charge >= 0.3 is 0 Å². The van der Waals surface area contributed by atoms with Gasteiger partial charge in [0.05, 0.1) is 6.04 Å². The first-order valence-electron chi connectivity index (χ1n) is 13.1. The molecule has 202 valence electrons. The zero-order chi connectivity index (χ0) is 26.6. The zero-order valence-corrected chi connectivity index (χ0v) is 21.5. The quantitative estimate of drug-likeness (QED) is 0.238. The second kappa shape index (κ2) is 14.6. The number of hydrogen-bond acceptors (Lipinski definition) is 7. The largest absolute Gasteiger partial charge is 0.342 e. The van der Waals surface area contributed by atoms with Crippen molar-refractivity contribution in [2.75, 3.05) is 51.1 Å². The Morgan fingerprint density at radius 2 is 1.73 bits per heavy atom. The molecular weight excluding hydrogens is 472 g/mol. The molecule has 3 amide bonds. The van der Waals surface area contributed by atoms with Gasteiger partial charge in [-0.2, -0.15) is 0 Å². The first kappa shape index (κ1) is 28.5. The molecule has 9 N–H and O–H groups in total. The standard InChI is InChI=1S/C26H40N8O3/c27-10-14-34(15-11-28)24(35)9-8-21(29)25(36)32-23(18-33-12-4-1-5-13-33)26(37)31-20-16-19-6-2-3-7-22(19)30-17-20/h2-3,6-7,16-17,21,23H,1,4-5,8-15,18,27-29H2,(H,31,37)(H,32,36)/p+1/t21-,23?/m0/s1. The van der Waals surface area contributed by atoms with E-state index < -0.39 is 18.0 Å². The summed E-state index contributed by atoms with van der Waals surface area (Å²) in [5.74, 6) is -0.920. The summed E-state index contributed by atoms with van der Waals surface area (Å²) in [5, 5.41) is 6.72. The van der Waals surface area contributed by atoms with Crippen molar-refractivity contribution in [1.82, 2.24) is 15.1 Å². The summed E-state index contributed by atoms with van der Waals surface area (Å²) in [6.45, 7) is 3.62. The number of likely N-dealkylation sites (tertiary alicyclic amines) is 1. The van der Waals surface area contributed by atoms with Gasteiger partial charge in [-0.3, -0.25) is 14.4 Å². The Morgan fingerprint density at radius 3 is 2.43 bits per heavy atom. The topological polar surface area (TPSA) is 174 Å². The van der Waals surface area contributed by atoms with Gasteiger partial charge in [-0.05, 0) is 44.5 Å². The van der Waals surface area contributed by atoms with E-state index in [4.69, 9.17) is 17.2 Å². The summed E-state index contributed by atoms with van der Waals surface area (Å²) in [6.07, 6.45) is 5.28. The van der Waals surface area contributed by atoms with Crippen LogP contribution < -0.4 is 32.8 Å². The number of carbonyl (C=O) groups excluding carboxylic acids is 3. The molecular formula is C26H41N8O3+. The molecule has 11 nitrogen and oxygen atoms in total. The van der Waals surface area contributed by atoms with Gasteiger partial charge in [0.15, 0.2) is 6.20 Å². The van der Waals surface area contributed by atoms with Crippen LogP contribution in [0, 0.1) is 0 Å². The normalized spacial score (nSPS) is 15.6. The van der Waals surface area contributed by atoms with Crippen molar-refractivity contribution in [2.45, 2.75) is 44.2 Å². The molecule has 2 aromatic rings. The molecule has 11 heteroatoms. The predicted octanol–water partition coefficient (Wildman–Crippen LogP) is -0.583. The van der Waals surface area contributed by atoms with Crippen LogP contribution in [0.5, 0.6) is 0 Å². The molecule has 0 saturated carbocycles. The minimum absolute atomic E-state index is 0.102. The number of anilines is 1. The van der Waals surface area contributed by atoms with E-state index in [0.717, 1.165) is 43.3 Å². The second-order valence-electron chi connectivity index (χ2n) is 9.49. The van der Waals surface area contributed by atoms with Gasteiger partial charge in [-0.15, -0.1) is 0 Å². The van der Waals surface area contributed by atoms with Gasteiger partial charge in [0, 0.05) is 50.6 Å². The smallest absolute Gasteiger partial charge is 0.248 e. The van der Waals surface area contributed by atoms with Crippen LogP contribution in [0.25, 0.3) is 10.9 Å². The molecule has 1 fully saturated rings. The van der Waals surface area contributed by atoms with E-state index in [1.807, 2.05) is 30.3 Å². The third-order valence-corrected chi connectivity index (χ3v) is 6.60. The summed E-state index contributed by atoms with van der Waals surface area (Å²) in [6, 6.07) is 7.95. The van der Waals surface area contributed by atoms with E-state index in [1.165, 1.54) is 0 Å². The molecule has 1 saturated heterocycles. The minimum Gasteiger partial charge on any atom is -0.342 e. The Morgan fingerprint density at radius 1 is 1.03 bits per heavy atom. The van der Waals surface area contributed by atoms with Crippen molar-refractivity contribution in [3.63, 3.8) is 0 Å². The highest BCUT2D eigenvalue weighted by atomic mass is 16.2. The van der Waals surface area contributed by atoms with Gasteiger partial charge in [0.25, 0.3) is 0 Å². The van der Waals surface area contributed by atoms with Crippen molar-refractivity contribution < 1.29 is 19.4 Å². The fourth-order valence-corrected chi connectivity index (χ4v) is 4.53. The highest BCUT2D eigenvalue weighted by molar-refractivity contribution is 5.98. The Balaban J connectivity index is 1.63. The van der Waals surface area contributed by atoms with Gasteiger partial charge < -0.3 is 37.6 Å². The maximum atomic E-state index is 13.3. The third-order valence-electron chi connectivity index (χ3n) is 6.60. The van der Waals surface area contributed by atoms with E-state index in [9.17, 15) is 14.4 Å². The van der Waals surface area contributed by atoms with E-state index in [2.05, 4.69) is 20.5 Å². The molecule has 2 atom stereocenters. The minimum atomic E-state index is -0.924. The molecule has 1 aliphatic rings. The second-order valence-corrected chi connectivity index (χ2v) is 9.49. The molecule has 0 radical (unpaired) electrons. The van der Waals surface area contributed by atoms with E-state index in [1.54, 1.807) is 11.1 Å². The number of aromatic amines is 1. The number of amides is 3. The molecule has 1 aromatic carbocycles. The zero-order valence-electron chi connectivity index (χ0n) is 21.5. The molecule has 2 heterocycles. The lowest BCUT2D eigenvalue weighted by atomic mass is 10.1. The Kier molecular flexibility index (Phi) is 11.2. The van der Waals surface area contributed by atoms with Crippen molar-refractivity contribution in [3.8, 4) is 0 Å². The number of carbonyl (C=O) groups is 3. The summed E-state index contributed by atoms with van der Waals surface area (Å²) < 4.78 is 0. The lowest BCUT2D eigenvalue weighted by Crippen LogP contribution is -2.55. The third kappa shape index (κ3) is 8.74. The van der Waals surface area contributed by atoms with Crippen molar-refractivity contribution in [3.05, 3.63) is 36.5 Å². The van der Waals surface area contributed by atoms with Crippen molar-refractivity contribution >= 4 is 34.3 Å². The highest BCUT2D eigenvalue weighted by Gasteiger charge is 2.27. The predicted molar refractivity (Wildman–Crippen MR) is 143 cm³/mol. The van der Waals surface area contributed by atoms with Gasteiger partial charge in [-0.1, -0.05) is 18.6 Å². The van der Waals surface area contributed by atoms with Crippen LogP contribution >= 0.6 is 0 Å². The summed E-state index contributed by atoms with van der Waals surface area (Å²) in [5.41, 5.74) is 18.8. The first-order chi connectivity index (χ1) is 17.9. The number of nitrogens with two attached hydrogens (primary N) is 3. The van der Waals surface area contributed by atoms with E-state index in [-0.39, 0.29) is 24.7 Å². The number of pyridine rings is 1. The number of fused-ring (bicyclic) bond motifs is 1. The number of benzene rings is 1. The average molecular weight is 514 g/mol. The van der Waals surface area contributed by atoms with Crippen LogP contribution in [0.1, 0.15) is 32.1 Å². The maximum absolute atomic E-state index is 13.3. The van der Waals surface area contributed by atoms with E-state index in [0.29, 0.717) is 38.4 Å². The maximum Gasteiger partial charge on any atom is 0.248 e. The Labute approximate surface area is 218 Å². The first-order valence-corrected chi connectivity index (χ1v) is 13.1. The molecule has 1 unspecified atom stereocenters. The highest BCUT2D eigenvalue weighted by Crippen LogP contribution is 2.15. The molecule has 0 spiro atoms. The van der Waals surface area contributed by atoms with Gasteiger partial charge in [0.2, 0.25) is 23.2 Å². The number of nitrogens with one attached hydrogen (secondary N) is 3.